The number of thiophene rings is 1. The summed E-state index contributed by atoms with van der Waals surface area (Å²) < 4.78 is 13.4. The molecule has 0 radical (unpaired) electrons. The van der Waals surface area contributed by atoms with E-state index in [1.54, 1.807) is 11.4 Å². The lowest BCUT2D eigenvalue weighted by Crippen LogP contribution is -2.01. The Labute approximate surface area is 111 Å². The van der Waals surface area contributed by atoms with Crippen molar-refractivity contribution in [3.8, 4) is 0 Å². The zero-order valence-corrected chi connectivity index (χ0v) is 10.6. The number of nitro groups is 1. The van der Waals surface area contributed by atoms with Crippen LogP contribution in [0.15, 0.2) is 29.6 Å². The normalized spacial score (nSPS) is 10.3. The van der Waals surface area contributed by atoms with E-state index in [9.17, 15) is 14.5 Å². The van der Waals surface area contributed by atoms with Crippen LogP contribution in [0, 0.1) is 15.9 Å². The second-order valence-corrected chi connectivity index (χ2v) is 4.94. The molecule has 0 saturated heterocycles. The predicted molar refractivity (Wildman–Crippen MR) is 69.7 cm³/mol. The molecular formula is C11H8ClFN2O2S. The summed E-state index contributed by atoms with van der Waals surface area (Å²) in [6, 6.07) is 5.13. The first-order chi connectivity index (χ1) is 8.56. The van der Waals surface area contributed by atoms with E-state index in [2.05, 4.69) is 5.32 Å². The van der Waals surface area contributed by atoms with Crippen molar-refractivity contribution >= 4 is 34.3 Å². The average molecular weight is 287 g/mol. The largest absolute Gasteiger partial charge is 0.378 e. The van der Waals surface area contributed by atoms with Gasteiger partial charge in [0.05, 0.1) is 15.6 Å². The Kier molecular flexibility index (Phi) is 3.78. The number of non-ortho nitro benzene ring substituents is 1. The van der Waals surface area contributed by atoms with Crippen molar-refractivity contribution in [3.05, 3.63) is 55.5 Å². The highest BCUT2D eigenvalue weighted by Crippen LogP contribution is 2.24. The number of hydrogen-bond donors (Lipinski definition) is 1. The summed E-state index contributed by atoms with van der Waals surface area (Å²) in [7, 11) is 0. The van der Waals surface area contributed by atoms with Crippen molar-refractivity contribution in [1.29, 1.82) is 0 Å². The summed E-state index contributed by atoms with van der Waals surface area (Å²) in [5, 5.41) is 15.8. The van der Waals surface area contributed by atoms with Crippen LogP contribution in [0.5, 0.6) is 0 Å². The summed E-state index contributed by atoms with van der Waals surface area (Å²) in [5.74, 6) is -0.525. The number of halogens is 2. The molecule has 7 heteroatoms. The Hall–Kier alpha value is -1.66. The number of rotatable bonds is 4. The third kappa shape index (κ3) is 2.96. The zero-order valence-electron chi connectivity index (χ0n) is 9.02. The maximum atomic E-state index is 13.4. The second kappa shape index (κ2) is 5.32. The first kappa shape index (κ1) is 12.8. The van der Waals surface area contributed by atoms with Crippen molar-refractivity contribution < 1.29 is 9.31 Å². The Morgan fingerprint density at radius 1 is 1.44 bits per heavy atom. The van der Waals surface area contributed by atoms with Crippen LogP contribution < -0.4 is 5.32 Å². The highest BCUT2D eigenvalue weighted by molar-refractivity contribution is 7.10. The summed E-state index contributed by atoms with van der Waals surface area (Å²) >= 11 is 7.19. The smallest absolute Gasteiger partial charge is 0.271 e. The van der Waals surface area contributed by atoms with Gasteiger partial charge in [0.15, 0.2) is 0 Å². The predicted octanol–water partition coefficient (Wildman–Crippen LogP) is 4.06. The molecule has 0 aliphatic heterocycles. The molecule has 1 heterocycles. The first-order valence-electron chi connectivity index (χ1n) is 4.97. The minimum atomic E-state index is -0.563. The lowest BCUT2D eigenvalue weighted by atomic mass is 10.2. The molecule has 1 aromatic heterocycles. The van der Waals surface area contributed by atoms with Gasteiger partial charge in [0.25, 0.3) is 5.69 Å². The van der Waals surface area contributed by atoms with Gasteiger partial charge in [-0.2, -0.15) is 0 Å². The van der Waals surface area contributed by atoms with E-state index in [1.807, 2.05) is 0 Å². The van der Waals surface area contributed by atoms with E-state index in [0.29, 0.717) is 11.6 Å². The van der Waals surface area contributed by atoms with Gasteiger partial charge >= 0.3 is 0 Å². The molecule has 0 spiro atoms. The standard InChI is InChI=1S/C11H8ClFN2O2S/c12-7-3-9(18-6-7)5-14-11-4-8(15(16)17)1-2-10(11)13/h1-4,6,14H,5H2. The summed E-state index contributed by atoms with van der Waals surface area (Å²) in [4.78, 5) is 10.9. The Bertz CT molecular complexity index is 588. The van der Waals surface area contributed by atoms with Gasteiger partial charge in [-0.3, -0.25) is 10.1 Å². The molecular weight excluding hydrogens is 279 g/mol. The summed E-state index contributed by atoms with van der Waals surface area (Å²) in [5.41, 5.74) is -0.0446. The second-order valence-electron chi connectivity index (χ2n) is 3.51. The third-order valence-electron chi connectivity index (χ3n) is 2.24. The molecule has 0 fully saturated rings. The van der Waals surface area contributed by atoms with Crippen molar-refractivity contribution in [2.45, 2.75) is 6.54 Å². The molecule has 0 saturated carbocycles. The molecule has 18 heavy (non-hydrogen) atoms. The van der Waals surface area contributed by atoms with Crippen LogP contribution in [-0.2, 0) is 6.54 Å². The van der Waals surface area contributed by atoms with Gasteiger partial charge in [-0.15, -0.1) is 11.3 Å². The van der Waals surface area contributed by atoms with Crippen molar-refractivity contribution in [2.75, 3.05) is 5.32 Å². The molecule has 2 aromatic rings. The topological polar surface area (TPSA) is 55.2 Å². The number of nitro benzene ring substituents is 1. The van der Waals surface area contributed by atoms with Gasteiger partial charge in [-0.25, -0.2) is 4.39 Å². The van der Waals surface area contributed by atoms with Crippen molar-refractivity contribution in [2.24, 2.45) is 0 Å². The molecule has 1 N–H and O–H groups in total. The van der Waals surface area contributed by atoms with Gasteiger partial charge in [0.1, 0.15) is 5.82 Å². The number of hydrogen-bond acceptors (Lipinski definition) is 4. The Balaban J connectivity index is 2.13. The highest BCUT2D eigenvalue weighted by Gasteiger charge is 2.10. The maximum absolute atomic E-state index is 13.4. The SMILES string of the molecule is O=[N+]([O-])c1ccc(F)c(NCc2cc(Cl)cs2)c1. The first-order valence-corrected chi connectivity index (χ1v) is 6.23. The molecule has 4 nitrogen and oxygen atoms in total. The van der Waals surface area contributed by atoms with Crippen LogP contribution in [0.25, 0.3) is 0 Å². The maximum Gasteiger partial charge on any atom is 0.271 e. The quantitative estimate of drug-likeness (QED) is 0.681. The minimum absolute atomic E-state index is 0.105. The lowest BCUT2D eigenvalue weighted by Gasteiger charge is -2.05. The summed E-state index contributed by atoms with van der Waals surface area (Å²) in [6.07, 6.45) is 0. The number of nitrogens with zero attached hydrogens (tertiary/aromatic N) is 1. The lowest BCUT2D eigenvalue weighted by molar-refractivity contribution is -0.384. The fraction of sp³-hybridized carbons (Fsp3) is 0.0909. The highest BCUT2D eigenvalue weighted by atomic mass is 35.5. The van der Waals surface area contributed by atoms with Gasteiger partial charge in [0, 0.05) is 28.9 Å². The number of anilines is 1. The fourth-order valence-electron chi connectivity index (χ4n) is 1.39. The molecule has 0 bridgehead atoms. The van der Waals surface area contributed by atoms with Crippen LogP contribution in [0.3, 0.4) is 0 Å². The van der Waals surface area contributed by atoms with Crippen molar-refractivity contribution in [1.82, 2.24) is 0 Å². The molecule has 1 aromatic carbocycles. The fourth-order valence-corrected chi connectivity index (χ4v) is 2.40. The van der Waals surface area contributed by atoms with Crippen LogP contribution in [0.1, 0.15) is 4.88 Å². The van der Waals surface area contributed by atoms with Crippen LogP contribution >= 0.6 is 22.9 Å². The summed E-state index contributed by atoms with van der Waals surface area (Å²) in [6.45, 7) is 0.371. The third-order valence-corrected chi connectivity index (χ3v) is 3.52. The van der Waals surface area contributed by atoms with E-state index in [1.165, 1.54) is 17.4 Å². The Morgan fingerprint density at radius 2 is 2.22 bits per heavy atom. The van der Waals surface area contributed by atoms with Gasteiger partial charge in [-0.05, 0) is 12.1 Å². The monoisotopic (exact) mass is 286 g/mol. The molecule has 0 atom stereocenters. The number of benzene rings is 1. The van der Waals surface area contributed by atoms with E-state index >= 15 is 0 Å². The van der Waals surface area contributed by atoms with E-state index < -0.39 is 10.7 Å². The van der Waals surface area contributed by atoms with E-state index in [-0.39, 0.29) is 11.4 Å². The van der Waals surface area contributed by atoms with Gasteiger partial charge < -0.3 is 5.32 Å². The van der Waals surface area contributed by atoms with Crippen LogP contribution in [0.4, 0.5) is 15.8 Å². The molecule has 0 amide bonds. The molecule has 2 rings (SSSR count). The molecule has 94 valence electrons. The van der Waals surface area contributed by atoms with Gasteiger partial charge in [-0.1, -0.05) is 11.6 Å². The van der Waals surface area contributed by atoms with E-state index in [0.717, 1.165) is 17.0 Å². The molecule has 0 aliphatic carbocycles. The van der Waals surface area contributed by atoms with Gasteiger partial charge in [0.2, 0.25) is 0 Å². The zero-order chi connectivity index (χ0) is 13.1. The van der Waals surface area contributed by atoms with Crippen molar-refractivity contribution in [3.63, 3.8) is 0 Å². The van der Waals surface area contributed by atoms with E-state index in [4.69, 9.17) is 11.6 Å². The number of nitrogens with one attached hydrogen (secondary N) is 1. The van der Waals surface area contributed by atoms with Crippen LogP contribution in [-0.4, -0.2) is 4.92 Å². The Morgan fingerprint density at radius 3 is 2.83 bits per heavy atom. The molecule has 0 unspecified atom stereocenters. The minimum Gasteiger partial charge on any atom is -0.378 e. The average Bonchev–Trinajstić information content (AvgIpc) is 2.74. The van der Waals surface area contributed by atoms with Crippen LogP contribution in [0.2, 0.25) is 5.02 Å². The molecule has 0 aliphatic rings.